The van der Waals surface area contributed by atoms with Crippen LogP contribution in [0.25, 0.3) is 0 Å². The summed E-state index contributed by atoms with van der Waals surface area (Å²) in [5, 5.41) is 0. The van der Waals surface area contributed by atoms with Crippen LogP contribution in [0.5, 0.6) is 0 Å². The first kappa shape index (κ1) is 12.2. The maximum Gasteiger partial charge on any atom is 0.258 e. The lowest BCUT2D eigenvalue weighted by Gasteiger charge is -2.41. The molecule has 2 unspecified atom stereocenters. The van der Waals surface area contributed by atoms with Gasteiger partial charge >= 0.3 is 0 Å². The zero-order valence-electron chi connectivity index (χ0n) is 11.3. The minimum atomic E-state index is 0.138. The van der Waals surface area contributed by atoms with E-state index in [0.29, 0.717) is 12.0 Å². The standard InChI is InChI=1S/C17H19NO/c1-13-11-12-14-7-5-6-10-16(14)18(13)17(19)15-8-3-2-4-9-15/h2-6,8-10,13-14H,7,11-12H2,1H3. The summed E-state index contributed by atoms with van der Waals surface area (Å²) < 4.78 is 0. The van der Waals surface area contributed by atoms with Gasteiger partial charge in [0.25, 0.3) is 5.91 Å². The largest absolute Gasteiger partial charge is 0.309 e. The molecule has 2 aliphatic rings. The summed E-state index contributed by atoms with van der Waals surface area (Å²) >= 11 is 0. The number of allylic oxidation sites excluding steroid dienone is 4. The quantitative estimate of drug-likeness (QED) is 0.746. The molecule has 1 saturated heterocycles. The van der Waals surface area contributed by atoms with E-state index < -0.39 is 0 Å². The molecule has 2 nitrogen and oxygen atoms in total. The fourth-order valence-electron chi connectivity index (χ4n) is 3.07. The molecule has 0 aromatic heterocycles. The first-order valence-electron chi connectivity index (χ1n) is 7.02. The number of benzene rings is 1. The molecule has 1 heterocycles. The van der Waals surface area contributed by atoms with Crippen LogP contribution in [0.15, 0.2) is 54.3 Å². The lowest BCUT2D eigenvalue weighted by molar-refractivity contribution is 0.0679. The normalized spacial score (nSPS) is 25.7. The third-order valence-electron chi connectivity index (χ3n) is 4.13. The minimum Gasteiger partial charge on any atom is -0.309 e. The Labute approximate surface area is 114 Å². The highest BCUT2D eigenvalue weighted by Crippen LogP contribution is 2.36. The first-order valence-corrected chi connectivity index (χ1v) is 7.02. The van der Waals surface area contributed by atoms with Gasteiger partial charge in [0.05, 0.1) is 0 Å². The molecule has 3 rings (SSSR count). The van der Waals surface area contributed by atoms with E-state index in [-0.39, 0.29) is 5.91 Å². The fraction of sp³-hybridized carbons (Fsp3) is 0.353. The van der Waals surface area contributed by atoms with Crippen LogP contribution in [0.3, 0.4) is 0 Å². The van der Waals surface area contributed by atoms with Gasteiger partial charge in [-0.3, -0.25) is 4.79 Å². The van der Waals surface area contributed by atoms with Crippen molar-refractivity contribution in [3.63, 3.8) is 0 Å². The fourth-order valence-corrected chi connectivity index (χ4v) is 3.07. The van der Waals surface area contributed by atoms with Crippen molar-refractivity contribution in [3.8, 4) is 0 Å². The molecule has 0 spiro atoms. The summed E-state index contributed by atoms with van der Waals surface area (Å²) in [6.07, 6.45) is 9.75. The van der Waals surface area contributed by atoms with Gasteiger partial charge in [0.2, 0.25) is 0 Å². The highest BCUT2D eigenvalue weighted by molar-refractivity contribution is 5.95. The maximum atomic E-state index is 12.7. The molecule has 1 aromatic carbocycles. The summed E-state index contributed by atoms with van der Waals surface area (Å²) in [7, 11) is 0. The molecular formula is C17H19NO. The summed E-state index contributed by atoms with van der Waals surface area (Å²) in [6, 6.07) is 9.89. The summed E-state index contributed by atoms with van der Waals surface area (Å²) in [6.45, 7) is 2.15. The van der Waals surface area contributed by atoms with E-state index in [1.807, 2.05) is 35.2 Å². The van der Waals surface area contributed by atoms with Crippen molar-refractivity contribution in [1.29, 1.82) is 0 Å². The molecule has 1 aliphatic heterocycles. The van der Waals surface area contributed by atoms with Crippen LogP contribution in [0, 0.1) is 5.92 Å². The van der Waals surface area contributed by atoms with Gasteiger partial charge in [-0.05, 0) is 44.4 Å². The summed E-state index contributed by atoms with van der Waals surface area (Å²) in [5.74, 6) is 0.660. The molecule has 0 bridgehead atoms. The molecule has 1 fully saturated rings. The maximum absolute atomic E-state index is 12.7. The van der Waals surface area contributed by atoms with Crippen LogP contribution in [-0.4, -0.2) is 16.8 Å². The van der Waals surface area contributed by atoms with Crippen molar-refractivity contribution in [2.24, 2.45) is 5.92 Å². The number of carbonyl (C=O) groups is 1. The molecule has 19 heavy (non-hydrogen) atoms. The number of hydrogen-bond acceptors (Lipinski definition) is 1. The van der Waals surface area contributed by atoms with Crippen LogP contribution in [0.4, 0.5) is 0 Å². The van der Waals surface area contributed by atoms with E-state index in [0.717, 1.165) is 18.4 Å². The number of amides is 1. The molecule has 0 N–H and O–H groups in total. The van der Waals surface area contributed by atoms with Crippen LogP contribution >= 0.6 is 0 Å². The van der Waals surface area contributed by atoms with Crippen molar-refractivity contribution < 1.29 is 4.79 Å². The third-order valence-corrected chi connectivity index (χ3v) is 4.13. The van der Waals surface area contributed by atoms with Gasteiger partial charge in [0.1, 0.15) is 0 Å². The Morgan fingerprint density at radius 1 is 1.21 bits per heavy atom. The van der Waals surface area contributed by atoms with Crippen molar-refractivity contribution in [2.45, 2.75) is 32.2 Å². The van der Waals surface area contributed by atoms with Gasteiger partial charge in [-0.25, -0.2) is 0 Å². The number of piperidine rings is 1. The van der Waals surface area contributed by atoms with Gasteiger partial charge in [-0.1, -0.05) is 30.4 Å². The smallest absolute Gasteiger partial charge is 0.258 e. The molecule has 1 amide bonds. The van der Waals surface area contributed by atoms with E-state index in [4.69, 9.17) is 0 Å². The zero-order valence-corrected chi connectivity index (χ0v) is 11.3. The van der Waals surface area contributed by atoms with Crippen LogP contribution < -0.4 is 0 Å². The highest BCUT2D eigenvalue weighted by atomic mass is 16.2. The number of likely N-dealkylation sites (tertiary alicyclic amines) is 1. The van der Waals surface area contributed by atoms with E-state index in [2.05, 4.69) is 25.2 Å². The number of carbonyl (C=O) groups excluding carboxylic acids is 1. The van der Waals surface area contributed by atoms with Crippen LogP contribution in [-0.2, 0) is 0 Å². The number of hydrogen-bond donors (Lipinski definition) is 0. The highest BCUT2D eigenvalue weighted by Gasteiger charge is 2.34. The van der Waals surface area contributed by atoms with E-state index in [1.54, 1.807) is 0 Å². The summed E-state index contributed by atoms with van der Waals surface area (Å²) in [4.78, 5) is 14.7. The monoisotopic (exact) mass is 253 g/mol. The molecule has 0 saturated carbocycles. The lowest BCUT2D eigenvalue weighted by atomic mass is 9.84. The second-order valence-electron chi connectivity index (χ2n) is 5.42. The third kappa shape index (κ3) is 2.23. The molecular weight excluding hydrogens is 234 g/mol. The number of fused-ring (bicyclic) bond motifs is 1. The van der Waals surface area contributed by atoms with Crippen molar-refractivity contribution in [3.05, 3.63) is 59.8 Å². The van der Waals surface area contributed by atoms with E-state index in [9.17, 15) is 4.79 Å². The van der Waals surface area contributed by atoms with Crippen LogP contribution in [0.1, 0.15) is 36.5 Å². The van der Waals surface area contributed by atoms with E-state index >= 15 is 0 Å². The SMILES string of the molecule is CC1CCC2CC=CC=C2N1C(=O)c1ccccc1. The predicted molar refractivity (Wildman–Crippen MR) is 76.6 cm³/mol. The average Bonchev–Trinajstić information content (AvgIpc) is 2.47. The second-order valence-corrected chi connectivity index (χ2v) is 5.42. The van der Waals surface area contributed by atoms with Gasteiger partial charge in [-0.2, -0.15) is 0 Å². The number of rotatable bonds is 1. The second kappa shape index (κ2) is 5.04. The Bertz CT molecular complexity index is 529. The lowest BCUT2D eigenvalue weighted by Crippen LogP contribution is -2.44. The molecule has 2 heteroatoms. The molecule has 98 valence electrons. The molecule has 1 aliphatic carbocycles. The first-order chi connectivity index (χ1) is 9.27. The van der Waals surface area contributed by atoms with Crippen molar-refractivity contribution in [1.82, 2.24) is 4.90 Å². The Kier molecular flexibility index (Phi) is 3.24. The van der Waals surface area contributed by atoms with Crippen molar-refractivity contribution >= 4 is 5.91 Å². The minimum absolute atomic E-state index is 0.138. The Morgan fingerprint density at radius 3 is 2.79 bits per heavy atom. The molecule has 2 atom stereocenters. The average molecular weight is 253 g/mol. The predicted octanol–water partition coefficient (Wildman–Crippen LogP) is 3.77. The van der Waals surface area contributed by atoms with Gasteiger partial charge in [-0.15, -0.1) is 0 Å². The van der Waals surface area contributed by atoms with Gasteiger partial charge in [0, 0.05) is 23.2 Å². The molecule has 1 aromatic rings. The van der Waals surface area contributed by atoms with Gasteiger partial charge < -0.3 is 4.90 Å². The van der Waals surface area contributed by atoms with Crippen molar-refractivity contribution in [2.75, 3.05) is 0 Å². The Hall–Kier alpha value is -1.83. The van der Waals surface area contributed by atoms with E-state index in [1.165, 1.54) is 12.1 Å². The Balaban J connectivity index is 1.94. The van der Waals surface area contributed by atoms with Gasteiger partial charge in [0.15, 0.2) is 0 Å². The zero-order chi connectivity index (χ0) is 13.2. The molecule has 0 radical (unpaired) electrons. The summed E-state index contributed by atoms with van der Waals surface area (Å²) in [5.41, 5.74) is 1.99. The Morgan fingerprint density at radius 2 is 2.00 bits per heavy atom. The van der Waals surface area contributed by atoms with Crippen LogP contribution in [0.2, 0.25) is 0 Å². The topological polar surface area (TPSA) is 20.3 Å². The number of nitrogens with zero attached hydrogens (tertiary/aromatic N) is 1.